The van der Waals surface area contributed by atoms with Crippen LogP contribution >= 0.6 is 12.6 Å². The van der Waals surface area contributed by atoms with E-state index in [2.05, 4.69) is 54.2 Å². The molecule has 0 rings (SSSR count). The number of ether oxygens (including phenoxy) is 1. The first-order chi connectivity index (χ1) is 18.3. The van der Waals surface area contributed by atoms with Crippen LogP contribution in [0, 0.1) is 11.8 Å². The van der Waals surface area contributed by atoms with Crippen LogP contribution in [0.15, 0.2) is 0 Å². The summed E-state index contributed by atoms with van der Waals surface area (Å²) in [5.41, 5.74) is 0. The van der Waals surface area contributed by atoms with Gasteiger partial charge in [-0.2, -0.15) is 12.6 Å². The van der Waals surface area contributed by atoms with Crippen molar-refractivity contribution in [3.8, 4) is 0 Å². The fourth-order valence-electron chi connectivity index (χ4n) is 4.47. The van der Waals surface area contributed by atoms with Crippen molar-refractivity contribution in [2.24, 2.45) is 11.8 Å². The first-order valence-electron chi connectivity index (χ1n) is 16.9. The van der Waals surface area contributed by atoms with Gasteiger partial charge in [0.1, 0.15) is 0 Å². The van der Waals surface area contributed by atoms with Crippen molar-refractivity contribution in [2.45, 2.75) is 191 Å². The van der Waals surface area contributed by atoms with Gasteiger partial charge in [0.25, 0.3) is 0 Å². The number of esters is 1. The summed E-state index contributed by atoms with van der Waals surface area (Å²) in [6.45, 7) is 14.1. The molecule has 0 spiro atoms. The van der Waals surface area contributed by atoms with Gasteiger partial charge >= 0.3 is 127 Å². The molecule has 0 N–H and O–H groups in total. The van der Waals surface area contributed by atoms with Crippen molar-refractivity contribution in [3.63, 3.8) is 0 Å². The van der Waals surface area contributed by atoms with Gasteiger partial charge in [-0.1, -0.05) is 72.6 Å². The van der Waals surface area contributed by atoms with Crippen LogP contribution < -0.4 is 0 Å². The summed E-state index contributed by atoms with van der Waals surface area (Å²) in [5.74, 6) is 1.41. The summed E-state index contributed by atoms with van der Waals surface area (Å²) in [5, 5.41) is -0.236. The first kappa shape index (κ1) is 40.8. The molecule has 0 amide bonds. The molecule has 4 heteroatoms. The Labute approximate surface area is 257 Å². The minimum atomic E-state index is -0.236. The van der Waals surface area contributed by atoms with Crippen molar-refractivity contribution in [3.05, 3.63) is 0 Å². The summed E-state index contributed by atoms with van der Waals surface area (Å²) in [6, 6.07) is 0. The number of unbranched alkanes of at least 4 members (excludes halogenated alkanes) is 14. The van der Waals surface area contributed by atoms with Crippen molar-refractivity contribution in [2.75, 3.05) is 6.61 Å². The average Bonchev–Trinajstić information content (AvgIpc) is 2.88. The molecule has 0 aromatic heterocycles. The molecule has 0 heterocycles. The first-order valence-corrected chi connectivity index (χ1v) is 21.5. The summed E-state index contributed by atoms with van der Waals surface area (Å²) in [4.78, 5) is 11.8. The Balaban J connectivity index is 0. The average molecular weight is 662 g/mol. The molecule has 2 nitrogen and oxygen atoms in total. The molecule has 0 saturated heterocycles. The van der Waals surface area contributed by atoms with E-state index in [9.17, 15) is 4.79 Å². The number of carbonyl (C=O) groups is 1. The molecule has 0 aliphatic carbocycles. The van der Waals surface area contributed by atoms with Gasteiger partial charge in [0.2, 0.25) is 0 Å². The van der Waals surface area contributed by atoms with Crippen LogP contribution in [-0.2, 0) is 9.53 Å². The Hall–Kier alpha value is 0.619. The summed E-state index contributed by atoms with van der Waals surface area (Å²) in [7, 11) is 0. The molecule has 0 aliphatic rings. The van der Waals surface area contributed by atoms with Crippen LogP contribution in [0.25, 0.3) is 0 Å². The summed E-state index contributed by atoms with van der Waals surface area (Å²) < 4.78 is 8.61. The normalized spacial score (nSPS) is 12.0. The molecular weight excluding hydrogens is 591 g/mol. The van der Waals surface area contributed by atoms with Gasteiger partial charge in [0.05, 0.1) is 11.9 Å². The van der Waals surface area contributed by atoms with Crippen LogP contribution in [0.4, 0.5) is 0 Å². The molecule has 0 aromatic rings. The summed E-state index contributed by atoms with van der Waals surface area (Å²) in [6.07, 6.45) is 28.1. The van der Waals surface area contributed by atoms with E-state index in [4.69, 9.17) is 4.74 Å². The number of carbonyl (C=O) groups excluding carboxylic acids is 1. The van der Waals surface area contributed by atoms with E-state index >= 15 is 0 Å². The monoisotopic (exact) mass is 662 g/mol. The zero-order valence-corrected chi connectivity index (χ0v) is 30.7. The zero-order valence-electron chi connectivity index (χ0n) is 27.0. The molecule has 0 bridgehead atoms. The number of hydrogen-bond donors (Lipinski definition) is 1. The van der Waals surface area contributed by atoms with Crippen LogP contribution in [0.2, 0.25) is 8.87 Å². The van der Waals surface area contributed by atoms with E-state index in [-0.39, 0.29) is 32.4 Å². The zero-order chi connectivity index (χ0) is 28.7. The van der Waals surface area contributed by atoms with Gasteiger partial charge in [-0.25, -0.2) is 0 Å². The quantitative estimate of drug-likeness (QED) is 0.0410. The second kappa shape index (κ2) is 33.8. The third-order valence-corrected chi connectivity index (χ3v) is 11.6. The minimum absolute atomic E-state index is 0.0736. The van der Waals surface area contributed by atoms with Crippen molar-refractivity contribution >= 4 is 39.7 Å². The van der Waals surface area contributed by atoms with E-state index < -0.39 is 0 Å². The van der Waals surface area contributed by atoms with Gasteiger partial charge < -0.3 is 4.74 Å². The number of hydrogen-bond acceptors (Lipinski definition) is 3. The Morgan fingerprint density at radius 2 is 0.974 bits per heavy atom. The molecule has 228 valence electrons. The topological polar surface area (TPSA) is 26.3 Å². The Morgan fingerprint density at radius 3 is 1.45 bits per heavy atom. The van der Waals surface area contributed by atoms with Gasteiger partial charge in [0.15, 0.2) is 0 Å². The van der Waals surface area contributed by atoms with Crippen LogP contribution in [0.1, 0.15) is 176 Å². The van der Waals surface area contributed by atoms with Crippen LogP contribution in [-0.4, -0.2) is 39.0 Å². The molecule has 2 radical (unpaired) electrons. The van der Waals surface area contributed by atoms with E-state index in [1.807, 2.05) is 0 Å². The Bertz CT molecular complexity index is 442. The van der Waals surface area contributed by atoms with Crippen molar-refractivity contribution in [1.82, 2.24) is 0 Å². The van der Waals surface area contributed by atoms with Gasteiger partial charge in [-0.15, -0.1) is 0 Å². The standard InChI is InChI=1S/C18H36O2S.2C8H17.Sn/c1-15(2)11-7-5-9-13-17(21)18(19)20-14-10-6-8-12-16(3)4;2*1-3-5-7-8-6-4-2;/h15-17,21H,5-14H2,1-4H3;2*1,3-8H2,2H3;. The van der Waals surface area contributed by atoms with E-state index in [0.717, 1.165) is 37.5 Å². The third kappa shape index (κ3) is 36.6. The third-order valence-electron chi connectivity index (χ3n) is 7.12. The van der Waals surface area contributed by atoms with E-state index in [0.29, 0.717) is 6.61 Å². The van der Waals surface area contributed by atoms with E-state index in [1.165, 1.54) is 96.3 Å². The van der Waals surface area contributed by atoms with Crippen molar-refractivity contribution in [1.29, 1.82) is 0 Å². The van der Waals surface area contributed by atoms with Crippen molar-refractivity contribution < 1.29 is 9.53 Å². The second-order valence-electron chi connectivity index (χ2n) is 12.2. The van der Waals surface area contributed by atoms with Crippen LogP contribution in [0.5, 0.6) is 0 Å². The molecule has 0 aromatic carbocycles. The fourth-order valence-corrected chi connectivity index (χ4v) is 8.30. The molecule has 38 heavy (non-hydrogen) atoms. The summed E-state index contributed by atoms with van der Waals surface area (Å²) >= 11 is 4.44. The van der Waals surface area contributed by atoms with E-state index in [1.54, 1.807) is 21.7 Å². The molecule has 1 unspecified atom stereocenters. The Kier molecular flexibility index (Phi) is 36.3. The van der Waals surface area contributed by atoms with Gasteiger partial charge in [0, 0.05) is 0 Å². The SMILES string of the molecule is CC(C)CCCCCOC(=O)C(S)CCCCCC(C)C.CCCCCCC[CH2][Sn][CH2]CCCCCCC. The molecule has 0 saturated carbocycles. The fraction of sp³-hybridized carbons (Fsp3) is 0.971. The van der Waals surface area contributed by atoms with Gasteiger partial charge in [-0.3, -0.25) is 4.79 Å². The number of rotatable bonds is 27. The second-order valence-corrected chi connectivity index (χ2v) is 17.1. The molecular formula is C34H70O2SSn. The predicted molar refractivity (Wildman–Crippen MR) is 177 cm³/mol. The molecule has 1 atom stereocenters. The van der Waals surface area contributed by atoms with Crippen LogP contribution in [0.3, 0.4) is 0 Å². The maximum absolute atomic E-state index is 11.8. The Morgan fingerprint density at radius 1 is 0.579 bits per heavy atom. The maximum atomic E-state index is 11.8. The predicted octanol–water partition coefficient (Wildman–Crippen LogP) is 11.9. The van der Waals surface area contributed by atoms with Gasteiger partial charge in [-0.05, 0) is 24.7 Å². The molecule has 0 aliphatic heterocycles. The number of thiol groups is 1. The molecule has 0 fully saturated rings.